The topological polar surface area (TPSA) is 102 Å². The second-order valence-corrected chi connectivity index (χ2v) is 6.37. The lowest BCUT2D eigenvalue weighted by molar-refractivity contribution is -0.384. The van der Waals surface area contributed by atoms with Gasteiger partial charge in [0.1, 0.15) is 11.3 Å². The van der Waals surface area contributed by atoms with Gasteiger partial charge < -0.3 is 10.1 Å². The summed E-state index contributed by atoms with van der Waals surface area (Å²) in [6, 6.07) is 2.94. The molecule has 0 aromatic heterocycles. The lowest BCUT2D eigenvalue weighted by Crippen LogP contribution is -2.33. The number of nitro benzene ring substituents is 1. The van der Waals surface area contributed by atoms with Crippen LogP contribution in [0.4, 0.5) is 16.2 Å². The first-order valence-electron chi connectivity index (χ1n) is 7.13. The normalized spacial score (nSPS) is 13.5. The Morgan fingerprint density at radius 1 is 1.30 bits per heavy atom. The van der Waals surface area contributed by atoms with Crippen molar-refractivity contribution in [2.45, 2.75) is 46.4 Å². The first-order chi connectivity index (χ1) is 10.6. The van der Waals surface area contributed by atoms with Crippen molar-refractivity contribution in [2.24, 2.45) is 0 Å². The number of amides is 2. The Morgan fingerprint density at radius 3 is 2.48 bits per heavy atom. The number of nitro groups is 1. The number of hydrogen-bond acceptors (Lipinski definition) is 5. The average molecular weight is 321 g/mol. The van der Waals surface area contributed by atoms with Crippen molar-refractivity contribution < 1.29 is 19.2 Å². The van der Waals surface area contributed by atoms with E-state index < -0.39 is 22.5 Å². The molecule has 0 saturated heterocycles. The zero-order valence-corrected chi connectivity index (χ0v) is 13.5. The third kappa shape index (κ3) is 3.77. The summed E-state index contributed by atoms with van der Waals surface area (Å²) in [6.45, 7) is 7.02. The highest BCUT2D eigenvalue weighted by molar-refractivity contribution is 5.93. The zero-order chi connectivity index (χ0) is 17.4. The van der Waals surface area contributed by atoms with Crippen LogP contribution in [0.3, 0.4) is 0 Å². The third-order valence-electron chi connectivity index (χ3n) is 3.25. The van der Waals surface area contributed by atoms with E-state index >= 15 is 0 Å². The van der Waals surface area contributed by atoms with Gasteiger partial charge in [0.2, 0.25) is 5.91 Å². The number of ether oxygens (including phenoxy) is 1. The second kappa shape index (κ2) is 5.86. The Labute approximate surface area is 133 Å². The molecule has 23 heavy (non-hydrogen) atoms. The molecule has 8 nitrogen and oxygen atoms in total. The Bertz CT molecular complexity index is 678. The molecule has 0 bridgehead atoms. The van der Waals surface area contributed by atoms with Crippen molar-refractivity contribution in [3.05, 3.63) is 33.4 Å². The molecule has 0 unspecified atom stereocenters. The number of hydrogen-bond donors (Lipinski definition) is 1. The van der Waals surface area contributed by atoms with Crippen LogP contribution in [0, 0.1) is 10.1 Å². The van der Waals surface area contributed by atoms with Crippen molar-refractivity contribution >= 4 is 23.4 Å². The fourth-order valence-corrected chi connectivity index (χ4v) is 2.38. The fourth-order valence-electron chi connectivity index (χ4n) is 2.38. The number of nitrogens with one attached hydrogen (secondary N) is 1. The van der Waals surface area contributed by atoms with Gasteiger partial charge in [-0.3, -0.25) is 19.8 Å². The number of nitrogens with zero attached hydrogens (tertiary/aromatic N) is 2. The van der Waals surface area contributed by atoms with Gasteiger partial charge in [0.15, 0.2) is 0 Å². The van der Waals surface area contributed by atoms with Gasteiger partial charge >= 0.3 is 6.09 Å². The van der Waals surface area contributed by atoms with Crippen LogP contribution in [0.1, 0.15) is 38.8 Å². The molecule has 1 aliphatic heterocycles. The Morgan fingerprint density at radius 2 is 1.96 bits per heavy atom. The van der Waals surface area contributed by atoms with Crippen molar-refractivity contribution in [1.29, 1.82) is 0 Å². The van der Waals surface area contributed by atoms with Gasteiger partial charge in [-0.15, -0.1) is 0 Å². The number of carbonyl (C=O) groups is 2. The van der Waals surface area contributed by atoms with E-state index in [2.05, 4.69) is 5.32 Å². The number of benzene rings is 1. The molecule has 0 atom stereocenters. The van der Waals surface area contributed by atoms with Crippen LogP contribution in [0.2, 0.25) is 0 Å². The van der Waals surface area contributed by atoms with Crippen LogP contribution in [0.25, 0.3) is 0 Å². The second-order valence-electron chi connectivity index (χ2n) is 6.37. The minimum absolute atomic E-state index is 0.144. The molecular weight excluding hydrogens is 302 g/mol. The van der Waals surface area contributed by atoms with Gasteiger partial charge in [0, 0.05) is 25.1 Å². The largest absolute Gasteiger partial charge is 0.444 e. The van der Waals surface area contributed by atoms with Crippen LogP contribution in [0.15, 0.2) is 12.1 Å². The quantitative estimate of drug-likeness (QED) is 0.666. The number of fused-ring (bicyclic) bond motifs is 1. The van der Waals surface area contributed by atoms with Crippen LogP contribution in [-0.2, 0) is 22.6 Å². The summed E-state index contributed by atoms with van der Waals surface area (Å²) in [5.41, 5.74) is 0.653. The van der Waals surface area contributed by atoms with Gasteiger partial charge in [-0.25, -0.2) is 4.79 Å². The van der Waals surface area contributed by atoms with Gasteiger partial charge in [-0.1, -0.05) is 0 Å². The van der Waals surface area contributed by atoms with E-state index in [1.54, 1.807) is 26.8 Å². The summed E-state index contributed by atoms with van der Waals surface area (Å²) in [5.74, 6) is -0.405. The van der Waals surface area contributed by atoms with E-state index in [-0.39, 0.29) is 24.5 Å². The molecule has 0 saturated carbocycles. The first kappa shape index (κ1) is 16.7. The molecular formula is C15H19N3O5. The highest BCUT2D eigenvalue weighted by Crippen LogP contribution is 2.36. The third-order valence-corrected chi connectivity index (χ3v) is 3.25. The van der Waals surface area contributed by atoms with Crippen molar-refractivity contribution in [2.75, 3.05) is 5.32 Å². The van der Waals surface area contributed by atoms with E-state index in [1.165, 1.54) is 17.9 Å². The Balaban J connectivity index is 2.33. The summed E-state index contributed by atoms with van der Waals surface area (Å²) in [4.78, 5) is 35.6. The van der Waals surface area contributed by atoms with E-state index in [0.29, 0.717) is 5.56 Å². The Kier molecular flexibility index (Phi) is 4.26. The van der Waals surface area contributed by atoms with Crippen molar-refractivity contribution in [1.82, 2.24) is 4.90 Å². The minimum Gasteiger partial charge on any atom is -0.444 e. The predicted octanol–water partition coefficient (Wildman–Crippen LogP) is 2.80. The fraction of sp³-hybridized carbons (Fsp3) is 0.467. The number of carbonyl (C=O) groups excluding carboxylic acids is 2. The van der Waals surface area contributed by atoms with E-state index in [9.17, 15) is 19.7 Å². The monoisotopic (exact) mass is 321 g/mol. The van der Waals surface area contributed by atoms with E-state index in [1.807, 2.05) is 0 Å². The summed E-state index contributed by atoms with van der Waals surface area (Å²) < 4.78 is 5.32. The van der Waals surface area contributed by atoms with Gasteiger partial charge in [-0.2, -0.15) is 0 Å². The smallest absolute Gasteiger partial charge is 0.410 e. The van der Waals surface area contributed by atoms with Crippen LogP contribution >= 0.6 is 0 Å². The molecule has 124 valence electrons. The van der Waals surface area contributed by atoms with Crippen molar-refractivity contribution in [3.63, 3.8) is 0 Å². The van der Waals surface area contributed by atoms with Crippen molar-refractivity contribution in [3.8, 4) is 0 Å². The van der Waals surface area contributed by atoms with Crippen LogP contribution in [0.5, 0.6) is 0 Å². The Hall–Kier alpha value is -2.64. The zero-order valence-electron chi connectivity index (χ0n) is 13.5. The van der Waals surface area contributed by atoms with Gasteiger partial charge in [-0.05, 0) is 32.4 Å². The highest BCUT2D eigenvalue weighted by atomic mass is 16.6. The average Bonchev–Trinajstić information content (AvgIpc) is 2.80. The van der Waals surface area contributed by atoms with Crippen LogP contribution < -0.4 is 5.32 Å². The number of anilines is 1. The number of rotatable bonds is 2. The first-order valence-corrected chi connectivity index (χ1v) is 7.13. The molecule has 1 aliphatic rings. The molecule has 1 N–H and O–H groups in total. The molecule has 8 heteroatoms. The van der Waals surface area contributed by atoms with E-state index in [0.717, 1.165) is 5.56 Å². The van der Waals surface area contributed by atoms with Crippen LogP contribution in [-0.4, -0.2) is 27.4 Å². The molecule has 0 spiro atoms. The van der Waals surface area contributed by atoms with Gasteiger partial charge in [0.05, 0.1) is 11.5 Å². The summed E-state index contributed by atoms with van der Waals surface area (Å²) in [7, 11) is 0. The maximum atomic E-state index is 12.2. The molecule has 2 amide bonds. The predicted molar refractivity (Wildman–Crippen MR) is 82.9 cm³/mol. The highest BCUT2D eigenvalue weighted by Gasteiger charge is 2.32. The molecule has 0 radical (unpaired) electrons. The minimum atomic E-state index is -0.627. The SMILES string of the molecule is CC(=O)Nc1c([N+](=O)[O-])ccc2c1CN(C(=O)OC(C)(C)C)C2. The maximum Gasteiger partial charge on any atom is 0.410 e. The van der Waals surface area contributed by atoms with E-state index in [4.69, 9.17) is 4.74 Å². The summed E-state index contributed by atoms with van der Waals surface area (Å²) in [5, 5.41) is 13.7. The standard InChI is InChI=1S/C15H19N3O5/c1-9(19)16-13-11-8-17(14(20)23-15(2,3)4)7-10(11)5-6-12(13)18(21)22/h5-6H,7-8H2,1-4H3,(H,16,19). The van der Waals surface area contributed by atoms with Gasteiger partial charge in [0.25, 0.3) is 5.69 Å². The summed E-state index contributed by atoms with van der Waals surface area (Å²) in [6.07, 6.45) is -0.495. The summed E-state index contributed by atoms with van der Waals surface area (Å²) >= 11 is 0. The molecule has 1 aromatic carbocycles. The lowest BCUT2D eigenvalue weighted by atomic mass is 10.1. The molecule has 2 rings (SSSR count). The molecule has 1 aromatic rings. The maximum absolute atomic E-state index is 12.2. The molecule has 0 aliphatic carbocycles. The lowest BCUT2D eigenvalue weighted by Gasteiger charge is -2.24. The molecule has 1 heterocycles. The molecule has 0 fully saturated rings.